The SMILES string of the molecule is CCOC(=O)c1cccc(NC(=O)N[C@H]2CCCC[C@@H]2[N+](C)(C)Cc2ccc3ccccc3c2)c1. The molecule has 184 valence electrons. The first kappa shape index (κ1) is 24.7. The summed E-state index contributed by atoms with van der Waals surface area (Å²) in [6.45, 7) is 2.98. The first-order chi connectivity index (χ1) is 16.9. The van der Waals surface area contributed by atoms with E-state index < -0.39 is 5.97 Å². The van der Waals surface area contributed by atoms with Gasteiger partial charge in [0.05, 0.1) is 32.3 Å². The van der Waals surface area contributed by atoms with E-state index >= 15 is 0 Å². The minimum Gasteiger partial charge on any atom is -0.462 e. The monoisotopic (exact) mass is 474 g/mol. The van der Waals surface area contributed by atoms with E-state index in [9.17, 15) is 9.59 Å². The molecule has 0 bridgehead atoms. The van der Waals surface area contributed by atoms with Crippen LogP contribution < -0.4 is 10.6 Å². The number of benzene rings is 3. The lowest BCUT2D eigenvalue weighted by Crippen LogP contribution is -2.60. The zero-order chi connectivity index (χ0) is 24.8. The highest BCUT2D eigenvalue weighted by Crippen LogP contribution is 2.29. The molecular formula is C29H36N3O3+. The van der Waals surface area contributed by atoms with Crippen molar-refractivity contribution in [1.29, 1.82) is 0 Å². The number of quaternary nitrogens is 1. The van der Waals surface area contributed by atoms with Gasteiger partial charge in [-0.25, -0.2) is 9.59 Å². The maximum absolute atomic E-state index is 12.9. The molecule has 0 aliphatic heterocycles. The van der Waals surface area contributed by atoms with Gasteiger partial charge in [0.2, 0.25) is 0 Å². The molecule has 0 radical (unpaired) electrons. The number of likely N-dealkylation sites (N-methyl/N-ethyl adjacent to an activating group) is 1. The molecule has 1 fully saturated rings. The van der Waals surface area contributed by atoms with E-state index in [2.05, 4.69) is 67.2 Å². The molecule has 3 aromatic carbocycles. The van der Waals surface area contributed by atoms with Gasteiger partial charge in [0.25, 0.3) is 0 Å². The van der Waals surface area contributed by atoms with Gasteiger partial charge in [-0.1, -0.05) is 48.9 Å². The van der Waals surface area contributed by atoms with E-state index in [1.165, 1.54) is 22.8 Å². The van der Waals surface area contributed by atoms with Crippen LogP contribution in [0.5, 0.6) is 0 Å². The Hall–Kier alpha value is -3.38. The number of fused-ring (bicyclic) bond motifs is 1. The number of esters is 1. The van der Waals surface area contributed by atoms with Crippen LogP contribution in [-0.4, -0.2) is 49.3 Å². The van der Waals surface area contributed by atoms with Crippen molar-refractivity contribution in [2.45, 2.75) is 51.2 Å². The summed E-state index contributed by atoms with van der Waals surface area (Å²) in [4.78, 5) is 24.9. The van der Waals surface area contributed by atoms with Crippen LogP contribution in [0.3, 0.4) is 0 Å². The van der Waals surface area contributed by atoms with Gasteiger partial charge in [0.15, 0.2) is 0 Å². The second kappa shape index (κ2) is 10.9. The molecule has 1 aliphatic carbocycles. The van der Waals surface area contributed by atoms with Crippen LogP contribution in [0.2, 0.25) is 0 Å². The van der Waals surface area contributed by atoms with Gasteiger partial charge in [-0.15, -0.1) is 0 Å². The van der Waals surface area contributed by atoms with Gasteiger partial charge in [0, 0.05) is 17.7 Å². The lowest BCUT2D eigenvalue weighted by atomic mass is 9.87. The molecule has 2 amide bonds. The standard InChI is InChI=1S/C29H35N3O3/c1-4-35-28(33)24-12-9-13-25(19-24)30-29(34)31-26-14-7-8-15-27(26)32(2,3)20-21-16-17-22-10-5-6-11-23(22)18-21/h5-6,9-13,16-19,26-27H,4,7-8,14-15,20H2,1-3H3,(H-,30,31,34)/p+1/t26-,27-/m0/s1. The van der Waals surface area contributed by atoms with Gasteiger partial charge in [-0.2, -0.15) is 0 Å². The summed E-state index contributed by atoms with van der Waals surface area (Å²) in [6.07, 6.45) is 4.31. The Kier molecular flexibility index (Phi) is 7.71. The van der Waals surface area contributed by atoms with Crippen LogP contribution in [0.15, 0.2) is 66.7 Å². The number of rotatable bonds is 7. The van der Waals surface area contributed by atoms with Crippen molar-refractivity contribution in [2.24, 2.45) is 0 Å². The highest BCUT2D eigenvalue weighted by Gasteiger charge is 2.38. The molecular weight excluding hydrogens is 438 g/mol. The molecule has 2 atom stereocenters. The first-order valence-electron chi connectivity index (χ1n) is 12.5. The van der Waals surface area contributed by atoms with Crippen molar-refractivity contribution in [3.8, 4) is 0 Å². The van der Waals surface area contributed by atoms with E-state index in [0.29, 0.717) is 23.9 Å². The summed E-state index contributed by atoms with van der Waals surface area (Å²) in [5.74, 6) is -0.392. The topological polar surface area (TPSA) is 67.4 Å². The molecule has 0 unspecified atom stereocenters. The summed E-state index contributed by atoms with van der Waals surface area (Å²) in [7, 11) is 4.53. The second-order valence-electron chi connectivity index (χ2n) is 9.98. The van der Waals surface area contributed by atoms with E-state index in [1.807, 2.05) is 0 Å². The molecule has 6 heteroatoms. The molecule has 0 heterocycles. The Balaban J connectivity index is 1.43. The highest BCUT2D eigenvalue weighted by atomic mass is 16.5. The number of nitrogens with zero attached hydrogens (tertiary/aromatic N) is 1. The summed E-state index contributed by atoms with van der Waals surface area (Å²) in [5.41, 5.74) is 2.30. The molecule has 0 aromatic heterocycles. The van der Waals surface area contributed by atoms with E-state index in [0.717, 1.165) is 30.3 Å². The number of carbonyl (C=O) groups excluding carboxylic acids is 2. The molecule has 1 aliphatic rings. The zero-order valence-corrected chi connectivity index (χ0v) is 20.9. The van der Waals surface area contributed by atoms with Crippen LogP contribution >= 0.6 is 0 Å². The Morgan fingerprint density at radius 2 is 1.71 bits per heavy atom. The van der Waals surface area contributed by atoms with E-state index in [1.54, 1.807) is 31.2 Å². The highest BCUT2D eigenvalue weighted by molar-refractivity contribution is 5.94. The fraction of sp³-hybridized carbons (Fsp3) is 0.379. The number of carbonyl (C=O) groups is 2. The van der Waals surface area contributed by atoms with Crippen molar-refractivity contribution in [2.75, 3.05) is 26.0 Å². The molecule has 2 N–H and O–H groups in total. The fourth-order valence-corrected chi connectivity index (χ4v) is 5.32. The molecule has 4 rings (SSSR count). The van der Waals surface area contributed by atoms with Crippen molar-refractivity contribution in [3.63, 3.8) is 0 Å². The fourth-order valence-electron chi connectivity index (χ4n) is 5.32. The molecule has 0 spiro atoms. The average molecular weight is 475 g/mol. The number of urea groups is 1. The molecule has 3 aromatic rings. The third kappa shape index (κ3) is 6.20. The number of anilines is 1. The second-order valence-corrected chi connectivity index (χ2v) is 9.98. The maximum Gasteiger partial charge on any atom is 0.338 e. The first-order valence-corrected chi connectivity index (χ1v) is 12.5. The smallest absolute Gasteiger partial charge is 0.338 e. The zero-order valence-electron chi connectivity index (χ0n) is 20.9. The van der Waals surface area contributed by atoms with Gasteiger partial charge >= 0.3 is 12.0 Å². The average Bonchev–Trinajstić information content (AvgIpc) is 2.84. The van der Waals surface area contributed by atoms with Gasteiger partial charge in [-0.3, -0.25) is 0 Å². The lowest BCUT2D eigenvalue weighted by molar-refractivity contribution is -0.930. The van der Waals surface area contributed by atoms with Crippen molar-refractivity contribution >= 4 is 28.5 Å². The molecule has 0 saturated heterocycles. The number of hydrogen-bond acceptors (Lipinski definition) is 3. The van der Waals surface area contributed by atoms with Crippen LogP contribution in [0.4, 0.5) is 10.5 Å². The molecule has 6 nitrogen and oxygen atoms in total. The molecule has 35 heavy (non-hydrogen) atoms. The summed E-state index contributed by atoms with van der Waals surface area (Å²) >= 11 is 0. The third-order valence-corrected chi connectivity index (χ3v) is 6.98. The van der Waals surface area contributed by atoms with Crippen molar-refractivity contribution in [3.05, 3.63) is 77.9 Å². The number of hydrogen-bond donors (Lipinski definition) is 2. The third-order valence-electron chi connectivity index (χ3n) is 6.98. The van der Waals surface area contributed by atoms with Crippen molar-refractivity contribution < 1.29 is 18.8 Å². The Morgan fingerprint density at radius 3 is 2.51 bits per heavy atom. The summed E-state index contributed by atoms with van der Waals surface area (Å²) in [6, 6.07) is 22.1. The number of ether oxygens (including phenoxy) is 1. The minimum atomic E-state index is -0.392. The van der Waals surface area contributed by atoms with Crippen LogP contribution in [0.1, 0.15) is 48.5 Å². The van der Waals surface area contributed by atoms with Crippen LogP contribution in [-0.2, 0) is 11.3 Å². The summed E-state index contributed by atoms with van der Waals surface area (Å²) in [5, 5.41) is 8.64. The van der Waals surface area contributed by atoms with Gasteiger partial charge in [-0.05, 0) is 54.8 Å². The molecule has 1 saturated carbocycles. The van der Waals surface area contributed by atoms with E-state index in [4.69, 9.17) is 4.74 Å². The summed E-state index contributed by atoms with van der Waals surface area (Å²) < 4.78 is 5.87. The lowest BCUT2D eigenvalue weighted by Gasteiger charge is -2.44. The Labute approximate surface area is 207 Å². The van der Waals surface area contributed by atoms with Crippen molar-refractivity contribution in [1.82, 2.24) is 5.32 Å². The van der Waals surface area contributed by atoms with E-state index in [-0.39, 0.29) is 12.1 Å². The van der Waals surface area contributed by atoms with Crippen LogP contribution in [0.25, 0.3) is 10.8 Å². The maximum atomic E-state index is 12.9. The normalized spacial score (nSPS) is 18.1. The van der Waals surface area contributed by atoms with Gasteiger partial charge < -0.3 is 19.9 Å². The quantitative estimate of drug-likeness (QED) is 0.340. The number of amides is 2. The Morgan fingerprint density at radius 1 is 0.943 bits per heavy atom. The predicted molar refractivity (Wildman–Crippen MR) is 140 cm³/mol. The number of nitrogens with one attached hydrogen (secondary N) is 2. The minimum absolute atomic E-state index is 0.0763. The predicted octanol–water partition coefficient (Wildman–Crippen LogP) is 5.73. The largest absolute Gasteiger partial charge is 0.462 e. The van der Waals surface area contributed by atoms with Crippen LogP contribution in [0, 0.1) is 0 Å². The van der Waals surface area contributed by atoms with Gasteiger partial charge in [0.1, 0.15) is 12.6 Å². The Bertz CT molecular complexity index is 1190.